The summed E-state index contributed by atoms with van der Waals surface area (Å²) in [6.07, 6.45) is 0.677. The van der Waals surface area contributed by atoms with Crippen LogP contribution in [0.4, 0.5) is 5.69 Å². The minimum atomic E-state index is 0.284. The summed E-state index contributed by atoms with van der Waals surface area (Å²) in [6, 6.07) is 5.05. The van der Waals surface area contributed by atoms with Crippen LogP contribution >= 0.6 is 0 Å². The van der Waals surface area contributed by atoms with E-state index in [0.29, 0.717) is 12.1 Å². The Kier molecular flexibility index (Phi) is 2.38. The van der Waals surface area contributed by atoms with Gasteiger partial charge in [-0.2, -0.15) is 0 Å². The molecule has 0 aliphatic heterocycles. The second kappa shape index (κ2) is 3.30. The highest BCUT2D eigenvalue weighted by Crippen LogP contribution is 2.21. The Morgan fingerprint density at radius 2 is 2.25 bits per heavy atom. The Hall–Kier alpha value is -1.44. The SMILES string of the molecule is C=C(C)Cc1cc(N)ccc1O. The first-order chi connectivity index (χ1) is 5.59. The van der Waals surface area contributed by atoms with Crippen molar-refractivity contribution in [3.8, 4) is 5.75 Å². The Morgan fingerprint density at radius 3 is 2.83 bits per heavy atom. The number of hydrogen-bond acceptors (Lipinski definition) is 2. The van der Waals surface area contributed by atoms with Crippen LogP contribution in [0.3, 0.4) is 0 Å². The van der Waals surface area contributed by atoms with Gasteiger partial charge in [0.1, 0.15) is 5.75 Å². The van der Waals surface area contributed by atoms with Crippen molar-refractivity contribution in [2.45, 2.75) is 13.3 Å². The molecule has 0 aromatic heterocycles. The zero-order chi connectivity index (χ0) is 9.14. The van der Waals surface area contributed by atoms with Crippen LogP contribution in [0.2, 0.25) is 0 Å². The van der Waals surface area contributed by atoms with E-state index in [1.165, 1.54) is 0 Å². The summed E-state index contributed by atoms with van der Waals surface area (Å²) in [5.41, 5.74) is 8.08. The van der Waals surface area contributed by atoms with E-state index >= 15 is 0 Å². The van der Waals surface area contributed by atoms with Crippen molar-refractivity contribution in [1.29, 1.82) is 0 Å². The topological polar surface area (TPSA) is 46.2 Å². The van der Waals surface area contributed by atoms with E-state index in [4.69, 9.17) is 5.73 Å². The van der Waals surface area contributed by atoms with Crippen LogP contribution in [0, 0.1) is 0 Å². The maximum atomic E-state index is 9.39. The highest BCUT2D eigenvalue weighted by atomic mass is 16.3. The first kappa shape index (κ1) is 8.65. The zero-order valence-corrected chi connectivity index (χ0v) is 7.17. The summed E-state index contributed by atoms with van der Waals surface area (Å²) in [5, 5.41) is 9.39. The second-order valence-corrected chi connectivity index (χ2v) is 3.02. The molecule has 0 saturated heterocycles. The summed E-state index contributed by atoms with van der Waals surface area (Å²) >= 11 is 0. The number of allylic oxidation sites excluding steroid dienone is 1. The van der Waals surface area contributed by atoms with Crippen LogP contribution in [-0.2, 0) is 6.42 Å². The fraction of sp³-hybridized carbons (Fsp3) is 0.200. The third kappa shape index (κ3) is 2.02. The third-order valence-corrected chi connectivity index (χ3v) is 1.60. The van der Waals surface area contributed by atoms with Gasteiger partial charge in [-0.25, -0.2) is 0 Å². The van der Waals surface area contributed by atoms with Gasteiger partial charge in [-0.3, -0.25) is 0 Å². The van der Waals surface area contributed by atoms with Gasteiger partial charge in [-0.15, -0.1) is 0 Å². The number of phenolic OH excluding ortho intramolecular Hbond substituents is 1. The van der Waals surface area contributed by atoms with Gasteiger partial charge in [0.15, 0.2) is 0 Å². The Bertz CT molecular complexity index is 305. The molecule has 0 amide bonds. The maximum Gasteiger partial charge on any atom is 0.119 e. The van der Waals surface area contributed by atoms with Crippen molar-refractivity contribution in [3.05, 3.63) is 35.9 Å². The maximum absolute atomic E-state index is 9.39. The minimum Gasteiger partial charge on any atom is -0.508 e. The number of nitrogens with two attached hydrogens (primary N) is 1. The van der Waals surface area contributed by atoms with Crippen LogP contribution < -0.4 is 5.73 Å². The number of benzene rings is 1. The molecule has 2 nitrogen and oxygen atoms in total. The molecule has 1 rings (SSSR count). The van der Waals surface area contributed by atoms with Gasteiger partial charge in [-0.1, -0.05) is 12.2 Å². The van der Waals surface area contributed by atoms with Crippen LogP contribution in [0.1, 0.15) is 12.5 Å². The van der Waals surface area contributed by atoms with E-state index < -0.39 is 0 Å². The molecule has 12 heavy (non-hydrogen) atoms. The molecule has 0 radical (unpaired) electrons. The fourth-order valence-electron chi connectivity index (χ4n) is 1.07. The molecular formula is C10H13NO. The van der Waals surface area contributed by atoms with Crippen LogP contribution in [0.15, 0.2) is 30.4 Å². The molecule has 0 fully saturated rings. The molecule has 1 aromatic carbocycles. The van der Waals surface area contributed by atoms with E-state index in [9.17, 15) is 5.11 Å². The van der Waals surface area contributed by atoms with Gasteiger partial charge in [0.25, 0.3) is 0 Å². The molecule has 64 valence electrons. The number of aromatic hydroxyl groups is 1. The standard InChI is InChI=1S/C10H13NO/c1-7(2)5-8-6-9(11)3-4-10(8)12/h3-4,6,12H,1,5,11H2,2H3. The average molecular weight is 163 g/mol. The van der Waals surface area contributed by atoms with Crippen molar-refractivity contribution in [1.82, 2.24) is 0 Å². The monoisotopic (exact) mass is 163 g/mol. The van der Waals surface area contributed by atoms with Crippen LogP contribution in [-0.4, -0.2) is 5.11 Å². The van der Waals surface area contributed by atoms with Crippen molar-refractivity contribution in [2.75, 3.05) is 5.73 Å². The van der Waals surface area contributed by atoms with Gasteiger partial charge in [0.2, 0.25) is 0 Å². The lowest BCUT2D eigenvalue weighted by molar-refractivity contribution is 0.469. The number of nitrogen functional groups attached to an aromatic ring is 1. The third-order valence-electron chi connectivity index (χ3n) is 1.60. The van der Waals surface area contributed by atoms with Crippen LogP contribution in [0.5, 0.6) is 5.75 Å². The minimum absolute atomic E-state index is 0.284. The fourth-order valence-corrected chi connectivity index (χ4v) is 1.07. The largest absolute Gasteiger partial charge is 0.508 e. The molecule has 0 bridgehead atoms. The zero-order valence-electron chi connectivity index (χ0n) is 7.17. The number of anilines is 1. The summed E-state index contributed by atoms with van der Waals surface area (Å²) < 4.78 is 0. The predicted octanol–water partition coefficient (Wildman–Crippen LogP) is 2.09. The lowest BCUT2D eigenvalue weighted by Crippen LogP contribution is -1.90. The first-order valence-electron chi connectivity index (χ1n) is 3.81. The number of phenols is 1. The van der Waals surface area contributed by atoms with E-state index in [1.54, 1.807) is 18.2 Å². The molecular weight excluding hydrogens is 150 g/mol. The molecule has 3 N–H and O–H groups in total. The molecule has 1 aromatic rings. The van der Waals surface area contributed by atoms with Crippen molar-refractivity contribution < 1.29 is 5.11 Å². The Labute approximate surface area is 72.3 Å². The van der Waals surface area contributed by atoms with E-state index in [1.807, 2.05) is 6.92 Å². The normalized spacial score (nSPS) is 9.75. The second-order valence-electron chi connectivity index (χ2n) is 3.02. The van der Waals surface area contributed by atoms with E-state index in [-0.39, 0.29) is 5.75 Å². The quantitative estimate of drug-likeness (QED) is 0.398. The van der Waals surface area contributed by atoms with Crippen molar-refractivity contribution in [3.63, 3.8) is 0 Å². The van der Waals surface area contributed by atoms with Crippen molar-refractivity contribution >= 4 is 5.69 Å². The molecule has 0 aliphatic rings. The lowest BCUT2D eigenvalue weighted by atomic mass is 10.1. The summed E-state index contributed by atoms with van der Waals surface area (Å²) in [6.45, 7) is 5.69. The van der Waals surface area contributed by atoms with Gasteiger partial charge in [-0.05, 0) is 37.1 Å². The van der Waals surface area contributed by atoms with Gasteiger partial charge in [0.05, 0.1) is 0 Å². The molecule has 0 unspecified atom stereocenters. The van der Waals surface area contributed by atoms with Gasteiger partial charge >= 0.3 is 0 Å². The lowest BCUT2D eigenvalue weighted by Gasteiger charge is -2.04. The van der Waals surface area contributed by atoms with Gasteiger partial charge < -0.3 is 10.8 Å². The van der Waals surface area contributed by atoms with Crippen molar-refractivity contribution in [2.24, 2.45) is 0 Å². The predicted molar refractivity (Wildman–Crippen MR) is 51.0 cm³/mol. The average Bonchev–Trinajstić information content (AvgIpc) is 1.96. The number of hydrogen-bond donors (Lipinski definition) is 2. The summed E-state index contributed by atoms with van der Waals surface area (Å²) in [7, 11) is 0. The smallest absolute Gasteiger partial charge is 0.119 e. The molecule has 0 atom stereocenters. The van der Waals surface area contributed by atoms with E-state index in [0.717, 1.165) is 11.1 Å². The first-order valence-corrected chi connectivity index (χ1v) is 3.81. The molecule has 0 aliphatic carbocycles. The molecule has 0 spiro atoms. The molecule has 2 heteroatoms. The highest BCUT2D eigenvalue weighted by molar-refractivity contribution is 5.48. The molecule has 0 heterocycles. The summed E-state index contributed by atoms with van der Waals surface area (Å²) in [5.74, 6) is 0.284. The highest BCUT2D eigenvalue weighted by Gasteiger charge is 2.00. The van der Waals surface area contributed by atoms with Crippen LogP contribution in [0.25, 0.3) is 0 Å². The summed E-state index contributed by atoms with van der Waals surface area (Å²) in [4.78, 5) is 0. The van der Waals surface area contributed by atoms with E-state index in [2.05, 4.69) is 6.58 Å². The Morgan fingerprint density at radius 1 is 1.58 bits per heavy atom. The molecule has 0 saturated carbocycles. The number of rotatable bonds is 2. The van der Waals surface area contributed by atoms with Gasteiger partial charge in [0, 0.05) is 5.69 Å². The Balaban J connectivity index is 2.97.